The fraction of sp³-hybridized carbons (Fsp3) is 0.404. The van der Waals surface area contributed by atoms with Gasteiger partial charge in [-0.25, -0.2) is 0 Å². The number of ketones is 1. The van der Waals surface area contributed by atoms with Crippen LogP contribution in [0.5, 0.6) is 11.5 Å². The van der Waals surface area contributed by atoms with E-state index >= 15 is 0 Å². The van der Waals surface area contributed by atoms with E-state index < -0.39 is 0 Å². The number of Topliss-reactive ketones (excluding diaryl/α,β-unsaturated/α-hetero) is 1. The SMILES string of the molecule is C=C1CCC(N2Cc3cc(N4CCC(C5CN(CCOc6ccc([C@@H]7c8ccc(O)cc8CC[C@@H]7c7ccccc7)cc6)C5)CC4)ccc3C2=O)C(=O)C1. The number of rotatable bonds is 9. The fourth-order valence-corrected chi connectivity index (χ4v) is 10.1. The lowest BCUT2D eigenvalue weighted by atomic mass is 9.69. The maximum absolute atomic E-state index is 13.2. The van der Waals surface area contributed by atoms with E-state index in [1.165, 1.54) is 40.8 Å². The third-order valence-electron chi connectivity index (χ3n) is 13.2. The number of piperidine rings is 1. The molecule has 2 aliphatic carbocycles. The second kappa shape index (κ2) is 14.7. The molecular weight excluding hydrogens is 671 g/mol. The number of carbonyl (C=O) groups is 2. The van der Waals surface area contributed by atoms with Crippen molar-refractivity contribution in [3.05, 3.63) is 137 Å². The van der Waals surface area contributed by atoms with Crippen molar-refractivity contribution in [3.63, 3.8) is 0 Å². The van der Waals surface area contributed by atoms with Gasteiger partial charge in [0, 0.05) is 62.9 Å². The summed E-state index contributed by atoms with van der Waals surface area (Å²) in [6.07, 6.45) is 6.33. The van der Waals surface area contributed by atoms with Gasteiger partial charge in [-0.15, -0.1) is 0 Å². The average Bonchev–Trinajstić information content (AvgIpc) is 3.50. The molecule has 0 bridgehead atoms. The molecule has 4 aromatic rings. The van der Waals surface area contributed by atoms with Gasteiger partial charge in [0.25, 0.3) is 5.91 Å². The van der Waals surface area contributed by atoms with Gasteiger partial charge < -0.3 is 19.6 Å². The first-order valence-electron chi connectivity index (χ1n) is 20.1. The Morgan fingerprint density at radius 2 is 1.57 bits per heavy atom. The maximum atomic E-state index is 13.2. The predicted octanol–water partition coefficient (Wildman–Crippen LogP) is 8.11. The fourth-order valence-electron chi connectivity index (χ4n) is 10.1. The van der Waals surface area contributed by atoms with Gasteiger partial charge in [-0.2, -0.15) is 0 Å². The first kappa shape index (κ1) is 34.9. The van der Waals surface area contributed by atoms with E-state index in [9.17, 15) is 14.7 Å². The molecule has 0 aromatic heterocycles. The summed E-state index contributed by atoms with van der Waals surface area (Å²) in [5.41, 5.74) is 9.21. The molecular formula is C47H51N3O4. The maximum Gasteiger partial charge on any atom is 0.255 e. The molecule has 5 aliphatic rings. The van der Waals surface area contributed by atoms with E-state index in [0.29, 0.717) is 37.7 Å². The van der Waals surface area contributed by atoms with Crippen LogP contribution in [0, 0.1) is 11.8 Å². The van der Waals surface area contributed by atoms with E-state index in [2.05, 4.69) is 89.2 Å². The highest BCUT2D eigenvalue weighted by Crippen LogP contribution is 2.47. The van der Waals surface area contributed by atoms with E-state index in [-0.39, 0.29) is 23.7 Å². The molecule has 1 N–H and O–H groups in total. The van der Waals surface area contributed by atoms with Crippen LogP contribution in [0.2, 0.25) is 0 Å². The van der Waals surface area contributed by atoms with Crippen molar-refractivity contribution in [3.8, 4) is 11.5 Å². The number of hydrogen-bond donors (Lipinski definition) is 1. The smallest absolute Gasteiger partial charge is 0.255 e. The molecule has 7 heteroatoms. The minimum absolute atomic E-state index is 0.000437. The highest BCUT2D eigenvalue weighted by Gasteiger charge is 2.39. The normalized spacial score (nSPS) is 23.6. The van der Waals surface area contributed by atoms with Gasteiger partial charge in [0.15, 0.2) is 5.78 Å². The number of phenolic OH excluding ortho intramolecular Hbond substituents is 1. The number of benzene rings is 4. The number of phenols is 1. The van der Waals surface area contributed by atoms with Gasteiger partial charge in [0.05, 0.1) is 6.04 Å². The average molecular weight is 722 g/mol. The quantitative estimate of drug-likeness (QED) is 0.176. The lowest BCUT2D eigenvalue weighted by molar-refractivity contribution is -0.124. The summed E-state index contributed by atoms with van der Waals surface area (Å²) < 4.78 is 6.26. The number of aromatic hydroxyl groups is 1. The number of likely N-dealkylation sites (tertiary alicyclic amines) is 1. The van der Waals surface area contributed by atoms with Gasteiger partial charge in [-0.05, 0) is 127 Å². The summed E-state index contributed by atoms with van der Waals surface area (Å²) >= 11 is 0. The Morgan fingerprint density at radius 3 is 2.35 bits per heavy atom. The summed E-state index contributed by atoms with van der Waals surface area (Å²) in [7, 11) is 0. The molecule has 1 amide bonds. The van der Waals surface area contributed by atoms with Gasteiger partial charge >= 0.3 is 0 Å². The molecule has 1 unspecified atom stereocenters. The van der Waals surface area contributed by atoms with Crippen molar-refractivity contribution in [1.29, 1.82) is 0 Å². The molecule has 2 saturated heterocycles. The number of fused-ring (bicyclic) bond motifs is 2. The molecule has 3 atom stereocenters. The summed E-state index contributed by atoms with van der Waals surface area (Å²) in [5, 5.41) is 10.2. The summed E-state index contributed by atoms with van der Waals surface area (Å²) in [4.78, 5) is 32.7. The molecule has 54 heavy (non-hydrogen) atoms. The summed E-state index contributed by atoms with van der Waals surface area (Å²) in [6.45, 7) is 10.5. The van der Waals surface area contributed by atoms with Crippen molar-refractivity contribution in [2.24, 2.45) is 11.8 Å². The topological polar surface area (TPSA) is 73.3 Å². The first-order valence-corrected chi connectivity index (χ1v) is 20.1. The van der Waals surface area contributed by atoms with Crippen molar-refractivity contribution in [1.82, 2.24) is 9.80 Å². The van der Waals surface area contributed by atoms with Crippen LogP contribution in [0.1, 0.15) is 88.5 Å². The second-order valence-electron chi connectivity index (χ2n) is 16.4. The molecule has 9 rings (SSSR count). The Kier molecular flexibility index (Phi) is 9.52. The van der Waals surface area contributed by atoms with E-state index in [0.717, 1.165) is 86.3 Å². The minimum atomic E-state index is -0.313. The van der Waals surface area contributed by atoms with Crippen molar-refractivity contribution in [2.45, 2.75) is 69.4 Å². The molecule has 7 nitrogen and oxygen atoms in total. The Balaban J connectivity index is 0.739. The molecule has 3 heterocycles. The third-order valence-corrected chi connectivity index (χ3v) is 13.2. The van der Waals surface area contributed by atoms with Gasteiger partial charge in [-0.1, -0.05) is 60.7 Å². The summed E-state index contributed by atoms with van der Waals surface area (Å²) in [5.74, 6) is 3.51. The van der Waals surface area contributed by atoms with Crippen LogP contribution in [-0.4, -0.2) is 72.0 Å². The minimum Gasteiger partial charge on any atom is -0.508 e. The van der Waals surface area contributed by atoms with Crippen molar-refractivity contribution < 1.29 is 19.4 Å². The molecule has 0 spiro atoms. The second-order valence-corrected chi connectivity index (χ2v) is 16.4. The highest BCUT2D eigenvalue weighted by molar-refractivity contribution is 6.02. The Hall–Kier alpha value is -4.88. The Bertz CT molecular complexity index is 2030. The van der Waals surface area contributed by atoms with E-state index in [1.807, 2.05) is 18.2 Å². The van der Waals surface area contributed by atoms with Gasteiger partial charge in [0.2, 0.25) is 0 Å². The Morgan fingerprint density at radius 1 is 0.778 bits per heavy atom. The van der Waals surface area contributed by atoms with Crippen LogP contribution < -0.4 is 9.64 Å². The number of amides is 1. The molecule has 3 aliphatic heterocycles. The standard InChI is InChI=1S/C47H51N3O4/c1-31-7-18-44(45(52)25-31)50-30-36-26-38(11-16-43(36)47(50)53)49-21-19-32(20-22-49)37-28-48(29-37)23-24-54-40-13-8-34(9-14-40)46-41(33-5-3-2-4-6-33)15-10-35-27-39(51)12-17-42(35)46/h2-6,8-9,11-14,16-17,26-27,32,37,41,44,46,51H,1,7,10,15,18-25,28-30H2/t41-,44?,46+/m1/s1. The third kappa shape index (κ3) is 6.83. The van der Waals surface area contributed by atoms with Crippen molar-refractivity contribution in [2.75, 3.05) is 44.2 Å². The van der Waals surface area contributed by atoms with Crippen LogP contribution in [-0.2, 0) is 17.8 Å². The number of aryl methyl sites for hydroxylation is 1. The predicted molar refractivity (Wildman–Crippen MR) is 212 cm³/mol. The van der Waals surface area contributed by atoms with E-state index in [4.69, 9.17) is 4.74 Å². The van der Waals surface area contributed by atoms with Gasteiger partial charge in [-0.3, -0.25) is 14.5 Å². The monoisotopic (exact) mass is 721 g/mol. The lowest BCUT2D eigenvalue weighted by Gasteiger charge is -2.46. The number of anilines is 1. The van der Waals surface area contributed by atoms with Gasteiger partial charge in [0.1, 0.15) is 18.1 Å². The van der Waals surface area contributed by atoms with Crippen LogP contribution in [0.4, 0.5) is 5.69 Å². The van der Waals surface area contributed by atoms with Crippen LogP contribution >= 0.6 is 0 Å². The zero-order chi connectivity index (χ0) is 36.8. The largest absolute Gasteiger partial charge is 0.508 e. The number of hydrogen-bond acceptors (Lipinski definition) is 6. The van der Waals surface area contributed by atoms with E-state index in [1.54, 1.807) is 4.90 Å². The molecule has 4 aromatic carbocycles. The summed E-state index contributed by atoms with van der Waals surface area (Å²) in [6, 6.07) is 31.4. The number of carbonyl (C=O) groups excluding carboxylic acids is 2. The zero-order valence-electron chi connectivity index (χ0n) is 31.2. The molecule has 0 radical (unpaired) electrons. The number of nitrogens with zero attached hydrogens (tertiary/aromatic N) is 3. The van der Waals surface area contributed by atoms with Crippen LogP contribution in [0.3, 0.4) is 0 Å². The zero-order valence-corrected chi connectivity index (χ0v) is 31.2. The number of ether oxygens (including phenoxy) is 1. The lowest BCUT2D eigenvalue weighted by Crippen LogP contribution is -2.53. The van der Waals surface area contributed by atoms with Crippen LogP contribution in [0.25, 0.3) is 0 Å². The highest BCUT2D eigenvalue weighted by atomic mass is 16.5. The number of allylic oxidation sites excluding steroid dienone is 1. The van der Waals surface area contributed by atoms with Crippen LogP contribution in [0.15, 0.2) is 103 Å². The first-order chi connectivity index (χ1) is 26.4. The Labute approximate surface area is 319 Å². The molecule has 278 valence electrons. The molecule has 1 saturated carbocycles. The van der Waals surface area contributed by atoms with Crippen molar-refractivity contribution >= 4 is 17.4 Å². The molecule has 3 fully saturated rings.